The number of carbonyl (C=O) groups is 1. The van der Waals surface area contributed by atoms with Crippen molar-refractivity contribution in [2.45, 2.75) is 59.4 Å². The average Bonchev–Trinajstić information content (AvgIpc) is 2.56. The van der Waals surface area contributed by atoms with Gasteiger partial charge < -0.3 is 20.2 Å². The third kappa shape index (κ3) is 6.07. The minimum absolute atomic E-state index is 0. The standard InChI is InChI=1S/C20H32N4O2.HI/c1-6-21-19(22-11-16-8-7-9-17(10-16)13-25)23-12-18(26)24(15(2)3)20(4,5)14-23;/h7-10,15,25H,6,11-14H2,1-5H3,(H,21,22);1H. The van der Waals surface area contributed by atoms with Crippen LogP contribution in [0.2, 0.25) is 0 Å². The Labute approximate surface area is 180 Å². The summed E-state index contributed by atoms with van der Waals surface area (Å²) in [4.78, 5) is 21.4. The number of halogens is 1. The minimum atomic E-state index is -0.253. The van der Waals surface area contributed by atoms with E-state index >= 15 is 0 Å². The Morgan fingerprint density at radius 1 is 1.33 bits per heavy atom. The zero-order valence-electron chi connectivity index (χ0n) is 17.0. The zero-order valence-corrected chi connectivity index (χ0v) is 19.4. The molecule has 1 amide bonds. The molecule has 1 aliphatic rings. The molecule has 7 heteroatoms. The number of carbonyl (C=O) groups excluding carboxylic acids is 1. The summed E-state index contributed by atoms with van der Waals surface area (Å²) in [5.41, 5.74) is 1.67. The second-order valence-corrected chi connectivity index (χ2v) is 7.67. The molecule has 0 atom stereocenters. The topological polar surface area (TPSA) is 68.2 Å². The van der Waals surface area contributed by atoms with Crippen molar-refractivity contribution in [1.82, 2.24) is 15.1 Å². The van der Waals surface area contributed by atoms with E-state index in [4.69, 9.17) is 4.99 Å². The molecule has 0 aliphatic carbocycles. The summed E-state index contributed by atoms with van der Waals surface area (Å²) in [6.45, 7) is 12.7. The van der Waals surface area contributed by atoms with Gasteiger partial charge >= 0.3 is 0 Å². The highest BCUT2D eigenvalue weighted by molar-refractivity contribution is 14.0. The first-order chi connectivity index (χ1) is 12.3. The van der Waals surface area contributed by atoms with Gasteiger partial charge in [-0.05, 0) is 45.7 Å². The molecule has 2 N–H and O–H groups in total. The van der Waals surface area contributed by atoms with Gasteiger partial charge in [-0.3, -0.25) is 4.79 Å². The number of amides is 1. The van der Waals surface area contributed by atoms with E-state index in [1.54, 1.807) is 0 Å². The molecule has 1 aromatic carbocycles. The highest BCUT2D eigenvalue weighted by Crippen LogP contribution is 2.24. The van der Waals surface area contributed by atoms with Crippen molar-refractivity contribution in [1.29, 1.82) is 0 Å². The molecule has 1 saturated heterocycles. The molecule has 0 saturated carbocycles. The summed E-state index contributed by atoms with van der Waals surface area (Å²) in [5, 5.41) is 12.6. The van der Waals surface area contributed by atoms with Crippen LogP contribution in [0, 0.1) is 0 Å². The number of nitrogens with zero attached hydrogens (tertiary/aromatic N) is 3. The summed E-state index contributed by atoms with van der Waals surface area (Å²) in [6, 6.07) is 7.96. The first-order valence-electron chi connectivity index (χ1n) is 9.32. The Kier molecular flexibility index (Phi) is 9.01. The van der Waals surface area contributed by atoms with Crippen LogP contribution in [-0.2, 0) is 17.9 Å². The van der Waals surface area contributed by atoms with Crippen molar-refractivity contribution in [2.24, 2.45) is 4.99 Å². The quantitative estimate of drug-likeness (QED) is 0.380. The van der Waals surface area contributed by atoms with Crippen molar-refractivity contribution in [3.05, 3.63) is 35.4 Å². The van der Waals surface area contributed by atoms with Crippen molar-refractivity contribution in [2.75, 3.05) is 19.6 Å². The Bertz CT molecular complexity index is 661. The Morgan fingerprint density at radius 3 is 2.56 bits per heavy atom. The first kappa shape index (κ1) is 23.7. The predicted octanol–water partition coefficient (Wildman–Crippen LogP) is 2.59. The molecule has 1 heterocycles. The van der Waals surface area contributed by atoms with Gasteiger partial charge in [0.25, 0.3) is 0 Å². The smallest absolute Gasteiger partial charge is 0.242 e. The van der Waals surface area contributed by atoms with Gasteiger partial charge in [0.15, 0.2) is 5.96 Å². The predicted molar refractivity (Wildman–Crippen MR) is 120 cm³/mol. The van der Waals surface area contributed by atoms with Gasteiger partial charge in [-0.1, -0.05) is 24.3 Å². The summed E-state index contributed by atoms with van der Waals surface area (Å²) >= 11 is 0. The summed E-state index contributed by atoms with van der Waals surface area (Å²) < 4.78 is 0. The number of piperazine rings is 1. The van der Waals surface area contributed by atoms with Crippen molar-refractivity contribution >= 4 is 35.8 Å². The Hall–Kier alpha value is -1.35. The lowest BCUT2D eigenvalue weighted by Gasteiger charge is -2.49. The number of aliphatic hydroxyl groups excluding tert-OH is 1. The number of benzene rings is 1. The molecule has 2 rings (SSSR count). The molecule has 6 nitrogen and oxygen atoms in total. The van der Waals surface area contributed by atoms with Crippen LogP contribution in [-0.4, -0.2) is 58.0 Å². The second-order valence-electron chi connectivity index (χ2n) is 7.67. The highest BCUT2D eigenvalue weighted by atomic mass is 127. The molecule has 1 fully saturated rings. The van der Waals surface area contributed by atoms with Gasteiger partial charge in [-0.25, -0.2) is 4.99 Å². The first-order valence-corrected chi connectivity index (χ1v) is 9.32. The summed E-state index contributed by atoms with van der Waals surface area (Å²) in [7, 11) is 0. The van der Waals surface area contributed by atoms with Gasteiger partial charge in [-0.2, -0.15) is 0 Å². The van der Waals surface area contributed by atoms with E-state index in [1.165, 1.54) is 0 Å². The Balaban J connectivity index is 0.00000364. The van der Waals surface area contributed by atoms with Crippen LogP contribution in [0.3, 0.4) is 0 Å². The van der Waals surface area contributed by atoms with Gasteiger partial charge in [0, 0.05) is 19.1 Å². The average molecular weight is 488 g/mol. The minimum Gasteiger partial charge on any atom is -0.392 e. The van der Waals surface area contributed by atoms with Crippen LogP contribution in [0.4, 0.5) is 0 Å². The van der Waals surface area contributed by atoms with Gasteiger partial charge in [-0.15, -0.1) is 24.0 Å². The number of nitrogens with one attached hydrogen (secondary N) is 1. The maximum atomic E-state index is 12.7. The fraction of sp³-hybridized carbons (Fsp3) is 0.600. The third-order valence-electron chi connectivity index (χ3n) is 4.56. The molecule has 0 unspecified atom stereocenters. The van der Waals surface area contributed by atoms with Crippen LogP contribution in [0.25, 0.3) is 0 Å². The summed E-state index contributed by atoms with van der Waals surface area (Å²) in [5.74, 6) is 0.885. The maximum Gasteiger partial charge on any atom is 0.242 e. The maximum absolute atomic E-state index is 12.7. The number of guanidine groups is 1. The van der Waals surface area contributed by atoms with Gasteiger partial charge in [0.2, 0.25) is 5.91 Å². The van der Waals surface area contributed by atoms with Gasteiger partial charge in [0.1, 0.15) is 0 Å². The molecule has 27 heavy (non-hydrogen) atoms. The molecule has 0 radical (unpaired) electrons. The van der Waals surface area contributed by atoms with Crippen LogP contribution in [0.15, 0.2) is 29.3 Å². The molecule has 1 aromatic rings. The van der Waals surface area contributed by atoms with Crippen molar-refractivity contribution < 1.29 is 9.90 Å². The number of aliphatic imine (C=N–C) groups is 1. The van der Waals surface area contributed by atoms with E-state index in [2.05, 4.69) is 33.0 Å². The highest BCUT2D eigenvalue weighted by Gasteiger charge is 2.40. The van der Waals surface area contributed by atoms with Crippen LogP contribution < -0.4 is 5.32 Å². The van der Waals surface area contributed by atoms with Crippen LogP contribution in [0.1, 0.15) is 45.7 Å². The van der Waals surface area contributed by atoms with Crippen molar-refractivity contribution in [3.8, 4) is 0 Å². The van der Waals surface area contributed by atoms with E-state index in [9.17, 15) is 9.90 Å². The van der Waals surface area contributed by atoms with Crippen LogP contribution >= 0.6 is 24.0 Å². The molecular weight excluding hydrogens is 455 g/mol. The fourth-order valence-corrected chi connectivity index (χ4v) is 3.73. The van der Waals surface area contributed by atoms with E-state index in [0.29, 0.717) is 13.1 Å². The third-order valence-corrected chi connectivity index (χ3v) is 4.56. The molecule has 0 spiro atoms. The summed E-state index contributed by atoms with van der Waals surface area (Å²) in [6.07, 6.45) is 0. The largest absolute Gasteiger partial charge is 0.392 e. The fourth-order valence-electron chi connectivity index (χ4n) is 3.73. The number of hydrogen-bond acceptors (Lipinski definition) is 3. The van der Waals surface area contributed by atoms with E-state index in [-0.39, 0.29) is 48.1 Å². The number of rotatable bonds is 5. The van der Waals surface area contributed by atoms with Gasteiger partial charge in [0.05, 0.1) is 25.2 Å². The molecule has 0 aromatic heterocycles. The Morgan fingerprint density at radius 2 is 2.00 bits per heavy atom. The van der Waals surface area contributed by atoms with E-state index < -0.39 is 0 Å². The van der Waals surface area contributed by atoms with E-state index in [0.717, 1.165) is 30.2 Å². The molecular formula is C20H33IN4O2. The normalized spacial score (nSPS) is 17.1. The zero-order chi connectivity index (χ0) is 19.3. The van der Waals surface area contributed by atoms with E-state index in [1.807, 2.05) is 41.0 Å². The molecule has 1 aliphatic heterocycles. The lowest BCUT2D eigenvalue weighted by Crippen LogP contribution is -2.66. The second kappa shape index (κ2) is 10.3. The monoisotopic (exact) mass is 488 g/mol. The van der Waals surface area contributed by atoms with Crippen molar-refractivity contribution in [3.63, 3.8) is 0 Å². The lowest BCUT2D eigenvalue weighted by molar-refractivity contribution is -0.145. The number of aliphatic hydroxyl groups is 1. The molecule has 152 valence electrons. The lowest BCUT2D eigenvalue weighted by atomic mass is 9.96. The molecule has 0 bridgehead atoms. The van der Waals surface area contributed by atoms with Crippen LogP contribution in [0.5, 0.6) is 0 Å². The number of hydrogen-bond donors (Lipinski definition) is 2. The SMILES string of the molecule is CCNC(=NCc1cccc(CO)c1)N1CC(=O)N(C(C)C)C(C)(C)C1.I.